The quantitative estimate of drug-likeness (QED) is 0.592. The second-order valence-corrected chi connectivity index (χ2v) is 5.46. The fourth-order valence-corrected chi connectivity index (χ4v) is 4.29. The molecule has 80 valence electrons. The van der Waals surface area contributed by atoms with Crippen molar-refractivity contribution in [3.63, 3.8) is 0 Å². The first-order valence-electron chi connectivity index (χ1n) is 6.30. The highest BCUT2D eigenvalue weighted by atomic mass is 16.5. The van der Waals surface area contributed by atoms with Gasteiger partial charge in [0.1, 0.15) is 0 Å². The van der Waals surface area contributed by atoms with Gasteiger partial charge in [0.2, 0.25) is 0 Å². The SMILES string of the molecule is [O-]N1CCC2CCCC3CCCC1C32. The topological polar surface area (TPSA) is 26.3 Å². The molecule has 1 aliphatic heterocycles. The number of rotatable bonds is 0. The van der Waals surface area contributed by atoms with Crippen LogP contribution in [0.4, 0.5) is 0 Å². The summed E-state index contributed by atoms with van der Waals surface area (Å²) in [7, 11) is 0. The lowest BCUT2D eigenvalue weighted by molar-refractivity contribution is -0.0166. The second kappa shape index (κ2) is 3.49. The summed E-state index contributed by atoms with van der Waals surface area (Å²) in [6, 6.07) is 0.410. The zero-order valence-electron chi connectivity index (χ0n) is 8.82. The van der Waals surface area contributed by atoms with Crippen LogP contribution in [0.15, 0.2) is 0 Å². The summed E-state index contributed by atoms with van der Waals surface area (Å²) in [6.07, 6.45) is 9.32. The van der Waals surface area contributed by atoms with E-state index in [1.54, 1.807) is 0 Å². The molecule has 0 N–H and O–H groups in total. The van der Waals surface area contributed by atoms with Crippen LogP contribution < -0.4 is 0 Å². The number of nitrogens with zero attached hydrogens (tertiary/aromatic N) is 1. The van der Waals surface area contributed by atoms with Gasteiger partial charge in [0.15, 0.2) is 0 Å². The van der Waals surface area contributed by atoms with Crippen LogP contribution in [0, 0.1) is 23.0 Å². The molecule has 4 atom stereocenters. The summed E-state index contributed by atoms with van der Waals surface area (Å²) in [5.74, 6) is 2.59. The predicted molar refractivity (Wildman–Crippen MR) is 56.7 cm³/mol. The molecular formula is C12H20NO-. The minimum atomic E-state index is 0.410. The smallest absolute Gasteiger partial charge is 0.000796 e. The van der Waals surface area contributed by atoms with E-state index in [-0.39, 0.29) is 0 Å². The van der Waals surface area contributed by atoms with Crippen LogP contribution >= 0.6 is 0 Å². The van der Waals surface area contributed by atoms with Crippen LogP contribution in [0.2, 0.25) is 0 Å². The van der Waals surface area contributed by atoms with Gasteiger partial charge in [-0.2, -0.15) is 0 Å². The highest BCUT2D eigenvalue weighted by molar-refractivity contribution is 4.97. The van der Waals surface area contributed by atoms with Crippen LogP contribution in [0.1, 0.15) is 44.9 Å². The highest BCUT2D eigenvalue weighted by Crippen LogP contribution is 2.48. The van der Waals surface area contributed by atoms with Crippen molar-refractivity contribution in [1.29, 1.82) is 0 Å². The summed E-state index contributed by atoms with van der Waals surface area (Å²) >= 11 is 0. The van der Waals surface area contributed by atoms with Crippen molar-refractivity contribution < 1.29 is 0 Å². The van der Waals surface area contributed by atoms with Crippen molar-refractivity contribution in [2.24, 2.45) is 17.8 Å². The Morgan fingerprint density at radius 2 is 1.50 bits per heavy atom. The average molecular weight is 194 g/mol. The van der Waals surface area contributed by atoms with E-state index in [1.807, 2.05) is 0 Å². The Morgan fingerprint density at radius 1 is 0.857 bits per heavy atom. The molecule has 2 nitrogen and oxygen atoms in total. The molecule has 3 aliphatic rings. The maximum Gasteiger partial charge on any atom is 0.000796 e. The monoisotopic (exact) mass is 194 g/mol. The fourth-order valence-electron chi connectivity index (χ4n) is 4.29. The first-order chi connectivity index (χ1) is 6.86. The van der Waals surface area contributed by atoms with Crippen LogP contribution in [0.25, 0.3) is 0 Å². The Balaban J connectivity index is 1.84. The normalized spacial score (nSPS) is 48.6. The third-order valence-corrected chi connectivity index (χ3v) is 4.85. The molecule has 3 fully saturated rings. The van der Waals surface area contributed by atoms with Gasteiger partial charge in [-0.05, 0) is 37.1 Å². The first-order valence-corrected chi connectivity index (χ1v) is 6.30. The molecule has 4 unspecified atom stereocenters. The van der Waals surface area contributed by atoms with E-state index in [0.717, 1.165) is 24.3 Å². The minimum absolute atomic E-state index is 0.410. The predicted octanol–water partition coefficient (Wildman–Crippen LogP) is 2.77. The molecule has 2 aliphatic carbocycles. The van der Waals surface area contributed by atoms with E-state index in [4.69, 9.17) is 0 Å². The van der Waals surface area contributed by atoms with Gasteiger partial charge in [0.05, 0.1) is 0 Å². The number of hydrogen-bond acceptors (Lipinski definition) is 2. The van der Waals surface area contributed by atoms with Crippen LogP contribution in [0.5, 0.6) is 0 Å². The van der Waals surface area contributed by atoms with Crippen molar-refractivity contribution in [2.75, 3.05) is 6.54 Å². The number of piperidine rings is 1. The maximum absolute atomic E-state index is 11.8. The lowest BCUT2D eigenvalue weighted by Gasteiger charge is -2.56. The minimum Gasteiger partial charge on any atom is -0.785 e. The summed E-state index contributed by atoms with van der Waals surface area (Å²) in [5.41, 5.74) is 0. The first kappa shape index (κ1) is 9.17. The zero-order chi connectivity index (χ0) is 9.54. The zero-order valence-corrected chi connectivity index (χ0v) is 8.82. The molecular weight excluding hydrogens is 174 g/mol. The largest absolute Gasteiger partial charge is 0.785 e. The molecule has 14 heavy (non-hydrogen) atoms. The molecule has 2 heteroatoms. The fraction of sp³-hybridized carbons (Fsp3) is 1.00. The average Bonchev–Trinajstić information content (AvgIpc) is 2.24. The van der Waals surface area contributed by atoms with Crippen molar-refractivity contribution in [3.05, 3.63) is 5.21 Å². The molecule has 1 heterocycles. The molecule has 2 saturated carbocycles. The van der Waals surface area contributed by atoms with E-state index in [0.29, 0.717) is 6.04 Å². The van der Waals surface area contributed by atoms with Gasteiger partial charge in [0, 0.05) is 6.04 Å². The lowest BCUT2D eigenvalue weighted by atomic mass is 9.61. The van der Waals surface area contributed by atoms with E-state index in [9.17, 15) is 5.21 Å². The van der Waals surface area contributed by atoms with E-state index in [2.05, 4.69) is 0 Å². The molecule has 3 rings (SSSR count). The molecule has 0 aromatic heterocycles. The van der Waals surface area contributed by atoms with E-state index >= 15 is 0 Å². The van der Waals surface area contributed by atoms with Gasteiger partial charge < -0.3 is 10.3 Å². The van der Waals surface area contributed by atoms with E-state index < -0.39 is 0 Å². The Hall–Kier alpha value is -0.0800. The molecule has 0 radical (unpaired) electrons. The highest BCUT2D eigenvalue weighted by Gasteiger charge is 2.43. The van der Waals surface area contributed by atoms with Crippen molar-refractivity contribution in [1.82, 2.24) is 5.06 Å². The van der Waals surface area contributed by atoms with Crippen LogP contribution in [0.3, 0.4) is 0 Å². The lowest BCUT2D eigenvalue weighted by Crippen LogP contribution is -2.52. The van der Waals surface area contributed by atoms with Gasteiger partial charge in [-0.1, -0.05) is 32.1 Å². The molecule has 0 bridgehead atoms. The van der Waals surface area contributed by atoms with Gasteiger partial charge in [-0.15, -0.1) is 0 Å². The van der Waals surface area contributed by atoms with Gasteiger partial charge in [0.25, 0.3) is 0 Å². The molecule has 0 spiro atoms. The third-order valence-electron chi connectivity index (χ3n) is 4.85. The van der Waals surface area contributed by atoms with Gasteiger partial charge >= 0.3 is 0 Å². The van der Waals surface area contributed by atoms with Gasteiger partial charge in [-0.3, -0.25) is 0 Å². The second-order valence-electron chi connectivity index (χ2n) is 5.46. The van der Waals surface area contributed by atoms with Crippen molar-refractivity contribution >= 4 is 0 Å². The Morgan fingerprint density at radius 3 is 2.29 bits per heavy atom. The summed E-state index contributed by atoms with van der Waals surface area (Å²) in [5, 5.41) is 13.2. The summed E-state index contributed by atoms with van der Waals surface area (Å²) in [4.78, 5) is 0. The summed E-state index contributed by atoms with van der Waals surface area (Å²) < 4.78 is 0. The van der Waals surface area contributed by atoms with Crippen LogP contribution in [-0.4, -0.2) is 17.6 Å². The Kier molecular flexibility index (Phi) is 2.29. The molecule has 1 saturated heterocycles. The maximum atomic E-state index is 11.8. The van der Waals surface area contributed by atoms with Gasteiger partial charge in [-0.25, -0.2) is 0 Å². The molecule has 0 amide bonds. The Labute approximate surface area is 86.2 Å². The third kappa shape index (κ3) is 1.31. The Bertz CT molecular complexity index is 210. The van der Waals surface area contributed by atoms with Crippen LogP contribution in [-0.2, 0) is 0 Å². The van der Waals surface area contributed by atoms with Crippen molar-refractivity contribution in [2.45, 2.75) is 51.0 Å². The number of hydrogen-bond donors (Lipinski definition) is 0. The number of hydroxylamine groups is 2. The van der Waals surface area contributed by atoms with E-state index in [1.165, 1.54) is 50.0 Å². The van der Waals surface area contributed by atoms with Crippen molar-refractivity contribution in [3.8, 4) is 0 Å². The standard InChI is InChI=1S/C12H20NO/c14-13-8-7-10-4-1-3-9-5-2-6-11(13)12(9)10/h9-12H,1-8H2/q-1. The molecule has 0 aromatic rings. The molecule has 0 aromatic carbocycles. The summed E-state index contributed by atoms with van der Waals surface area (Å²) in [6.45, 7) is 0.818.